The smallest absolute Gasteiger partial charge is 0.0113 e. The molecule has 0 spiro atoms. The van der Waals surface area contributed by atoms with Crippen molar-refractivity contribution in [1.29, 1.82) is 0 Å². The molecule has 0 bridgehead atoms. The van der Waals surface area contributed by atoms with Crippen LogP contribution in [0, 0.1) is 11.3 Å². The third kappa shape index (κ3) is 2.29. The van der Waals surface area contributed by atoms with Crippen molar-refractivity contribution >= 4 is 0 Å². The topological polar surface area (TPSA) is 0 Å². The maximum absolute atomic E-state index is 2.43. The summed E-state index contributed by atoms with van der Waals surface area (Å²) in [7, 11) is 0. The fourth-order valence-corrected chi connectivity index (χ4v) is 2.08. The van der Waals surface area contributed by atoms with Gasteiger partial charge in [0.25, 0.3) is 0 Å². The molecule has 1 unspecified atom stereocenters. The highest BCUT2D eigenvalue weighted by Crippen LogP contribution is 2.44. The monoisotopic (exact) mass is 192 g/mol. The van der Waals surface area contributed by atoms with Gasteiger partial charge in [-0.3, -0.25) is 0 Å². The molecule has 0 aromatic rings. The van der Waals surface area contributed by atoms with Crippen LogP contribution in [0.3, 0.4) is 0 Å². The molecule has 1 aliphatic rings. The summed E-state index contributed by atoms with van der Waals surface area (Å²) < 4.78 is 0. The van der Waals surface area contributed by atoms with E-state index in [9.17, 15) is 0 Å². The van der Waals surface area contributed by atoms with Gasteiger partial charge in [-0.1, -0.05) is 44.1 Å². The molecule has 0 saturated carbocycles. The van der Waals surface area contributed by atoms with E-state index in [1.54, 1.807) is 5.57 Å². The molecule has 0 fully saturated rings. The maximum atomic E-state index is 2.43. The van der Waals surface area contributed by atoms with Crippen LogP contribution < -0.4 is 0 Å². The molecule has 14 heavy (non-hydrogen) atoms. The molecule has 0 N–H and O–H groups in total. The maximum Gasteiger partial charge on any atom is -0.0113 e. The molecular formula is C14H24. The fraction of sp³-hybridized carbons (Fsp3) is 0.714. The summed E-state index contributed by atoms with van der Waals surface area (Å²) in [4.78, 5) is 0. The van der Waals surface area contributed by atoms with E-state index in [0.717, 1.165) is 5.92 Å². The van der Waals surface area contributed by atoms with Crippen molar-refractivity contribution < 1.29 is 0 Å². The zero-order valence-electron chi connectivity index (χ0n) is 10.4. The van der Waals surface area contributed by atoms with Crippen molar-refractivity contribution in [2.45, 2.75) is 53.9 Å². The quantitative estimate of drug-likeness (QED) is 0.567. The predicted octanol–water partition coefficient (Wildman–Crippen LogP) is 4.73. The van der Waals surface area contributed by atoms with Gasteiger partial charge in [0.05, 0.1) is 0 Å². The average molecular weight is 192 g/mol. The van der Waals surface area contributed by atoms with Gasteiger partial charge < -0.3 is 0 Å². The van der Waals surface area contributed by atoms with E-state index in [4.69, 9.17) is 0 Å². The van der Waals surface area contributed by atoms with Crippen LogP contribution in [0.5, 0.6) is 0 Å². The molecule has 0 radical (unpaired) electrons. The van der Waals surface area contributed by atoms with E-state index >= 15 is 0 Å². The average Bonchev–Trinajstić information content (AvgIpc) is 2.39. The number of rotatable bonds is 3. The van der Waals surface area contributed by atoms with Gasteiger partial charge in [0.1, 0.15) is 0 Å². The van der Waals surface area contributed by atoms with Gasteiger partial charge in [-0.2, -0.15) is 0 Å². The lowest BCUT2D eigenvalue weighted by atomic mass is 9.76. The van der Waals surface area contributed by atoms with E-state index < -0.39 is 0 Å². The largest absolute Gasteiger partial charge is 0.0853 e. The van der Waals surface area contributed by atoms with E-state index in [2.05, 4.69) is 46.8 Å². The van der Waals surface area contributed by atoms with Gasteiger partial charge in [-0.25, -0.2) is 0 Å². The van der Waals surface area contributed by atoms with E-state index in [0.29, 0.717) is 5.41 Å². The van der Waals surface area contributed by atoms with Crippen LogP contribution in [0.25, 0.3) is 0 Å². The van der Waals surface area contributed by atoms with Gasteiger partial charge in [0.15, 0.2) is 0 Å². The Kier molecular flexibility index (Phi) is 3.58. The molecular weight excluding hydrogens is 168 g/mol. The summed E-state index contributed by atoms with van der Waals surface area (Å²) in [5.74, 6) is 0.823. The van der Waals surface area contributed by atoms with Crippen molar-refractivity contribution in [3.8, 4) is 0 Å². The first-order valence-corrected chi connectivity index (χ1v) is 5.81. The van der Waals surface area contributed by atoms with Gasteiger partial charge in [0.2, 0.25) is 0 Å². The third-order valence-electron chi connectivity index (χ3n) is 4.05. The summed E-state index contributed by atoms with van der Waals surface area (Å²) in [5.41, 5.74) is 3.53. The second-order valence-electron chi connectivity index (χ2n) is 5.18. The molecule has 0 nitrogen and oxygen atoms in total. The molecule has 0 aliphatic heterocycles. The minimum absolute atomic E-state index is 0.421. The Hall–Kier alpha value is -0.520. The van der Waals surface area contributed by atoms with Crippen LogP contribution in [0.4, 0.5) is 0 Å². The van der Waals surface area contributed by atoms with Crippen molar-refractivity contribution in [3.63, 3.8) is 0 Å². The minimum Gasteiger partial charge on any atom is -0.0853 e. The summed E-state index contributed by atoms with van der Waals surface area (Å²) in [6.45, 7) is 11.5. The highest BCUT2D eigenvalue weighted by atomic mass is 14.4. The Balaban J connectivity index is 2.58. The number of allylic oxidation sites excluding steroid dienone is 4. The SMILES string of the molecule is CC/C(C)=C\CC1CC=C(C)C1(C)C. The second-order valence-corrected chi connectivity index (χ2v) is 5.18. The van der Waals surface area contributed by atoms with Crippen molar-refractivity contribution in [2.24, 2.45) is 11.3 Å². The third-order valence-corrected chi connectivity index (χ3v) is 4.05. The lowest BCUT2D eigenvalue weighted by Gasteiger charge is -2.29. The normalized spacial score (nSPS) is 26.5. The number of hydrogen-bond acceptors (Lipinski definition) is 0. The molecule has 0 amide bonds. The first-order valence-electron chi connectivity index (χ1n) is 5.81. The van der Waals surface area contributed by atoms with Crippen LogP contribution in [0.1, 0.15) is 53.9 Å². The Morgan fingerprint density at radius 1 is 1.57 bits per heavy atom. The van der Waals surface area contributed by atoms with Crippen molar-refractivity contribution in [3.05, 3.63) is 23.3 Å². The van der Waals surface area contributed by atoms with Crippen LogP contribution in [0.15, 0.2) is 23.3 Å². The molecule has 0 saturated heterocycles. The Labute approximate surface area is 89.1 Å². The molecule has 1 rings (SSSR count). The predicted molar refractivity (Wildman–Crippen MR) is 64.3 cm³/mol. The van der Waals surface area contributed by atoms with Gasteiger partial charge in [0, 0.05) is 0 Å². The van der Waals surface area contributed by atoms with Crippen LogP contribution in [-0.4, -0.2) is 0 Å². The first-order chi connectivity index (χ1) is 6.48. The van der Waals surface area contributed by atoms with E-state index in [-0.39, 0.29) is 0 Å². The first kappa shape index (κ1) is 11.6. The van der Waals surface area contributed by atoms with Crippen molar-refractivity contribution in [1.82, 2.24) is 0 Å². The zero-order chi connectivity index (χ0) is 10.8. The molecule has 0 aromatic heterocycles. The van der Waals surface area contributed by atoms with Gasteiger partial charge >= 0.3 is 0 Å². The molecule has 80 valence electrons. The number of hydrogen-bond donors (Lipinski definition) is 0. The molecule has 1 aliphatic carbocycles. The molecule has 0 heteroatoms. The van der Waals surface area contributed by atoms with Gasteiger partial charge in [-0.05, 0) is 44.4 Å². The Bertz CT molecular complexity index is 253. The van der Waals surface area contributed by atoms with E-state index in [1.807, 2.05) is 0 Å². The summed E-state index contributed by atoms with van der Waals surface area (Å²) >= 11 is 0. The van der Waals surface area contributed by atoms with Crippen molar-refractivity contribution in [2.75, 3.05) is 0 Å². The lowest BCUT2D eigenvalue weighted by Crippen LogP contribution is -2.19. The molecule has 1 atom stereocenters. The lowest BCUT2D eigenvalue weighted by molar-refractivity contribution is 0.294. The second kappa shape index (κ2) is 4.33. The Morgan fingerprint density at radius 3 is 2.64 bits per heavy atom. The standard InChI is InChI=1S/C14H24/c1-6-11(2)7-9-13-10-8-12(3)14(13,4)5/h7-8,13H,6,9-10H2,1-5H3/b11-7-. The van der Waals surface area contributed by atoms with Crippen LogP contribution in [-0.2, 0) is 0 Å². The Morgan fingerprint density at radius 2 is 2.21 bits per heavy atom. The summed E-state index contributed by atoms with van der Waals surface area (Å²) in [6, 6.07) is 0. The van der Waals surface area contributed by atoms with Crippen LogP contribution in [0.2, 0.25) is 0 Å². The van der Waals surface area contributed by atoms with E-state index in [1.165, 1.54) is 24.8 Å². The molecule has 0 aromatic carbocycles. The highest BCUT2D eigenvalue weighted by Gasteiger charge is 2.33. The van der Waals surface area contributed by atoms with Gasteiger partial charge in [-0.15, -0.1) is 0 Å². The zero-order valence-corrected chi connectivity index (χ0v) is 10.4. The summed E-state index contributed by atoms with van der Waals surface area (Å²) in [5, 5.41) is 0. The van der Waals surface area contributed by atoms with Crippen LogP contribution >= 0.6 is 0 Å². The summed E-state index contributed by atoms with van der Waals surface area (Å²) in [6.07, 6.45) is 8.56. The fourth-order valence-electron chi connectivity index (χ4n) is 2.08. The minimum atomic E-state index is 0.421. The highest BCUT2D eigenvalue weighted by molar-refractivity contribution is 5.19. The molecule has 0 heterocycles.